The van der Waals surface area contributed by atoms with Crippen molar-refractivity contribution in [3.63, 3.8) is 0 Å². The predicted molar refractivity (Wildman–Crippen MR) is 68.8 cm³/mol. The van der Waals surface area contributed by atoms with E-state index in [1.165, 1.54) is 0 Å². The number of aryl methyl sites for hydroxylation is 1. The number of nitrogens with zero attached hydrogens (tertiary/aromatic N) is 1. The summed E-state index contributed by atoms with van der Waals surface area (Å²) < 4.78 is 8.18. The molecule has 0 atom stereocenters. The van der Waals surface area contributed by atoms with E-state index in [0.717, 1.165) is 10.0 Å². The van der Waals surface area contributed by atoms with E-state index in [4.69, 9.17) is 4.74 Å². The Morgan fingerprint density at radius 2 is 2.06 bits per heavy atom. The highest BCUT2D eigenvalue weighted by Crippen LogP contribution is 2.09. The van der Waals surface area contributed by atoms with E-state index >= 15 is 0 Å². The van der Waals surface area contributed by atoms with Crippen molar-refractivity contribution in [2.45, 2.75) is 39.8 Å². The van der Waals surface area contributed by atoms with Crippen LogP contribution in [0.25, 0.3) is 0 Å². The number of rotatable bonds is 3. The van der Waals surface area contributed by atoms with Crippen molar-refractivity contribution >= 4 is 15.9 Å². The van der Waals surface area contributed by atoms with Gasteiger partial charge < -0.3 is 9.30 Å². The van der Waals surface area contributed by atoms with Gasteiger partial charge in [0.15, 0.2) is 0 Å². The zero-order chi connectivity index (χ0) is 12.3. The Labute approximate surface area is 105 Å². The highest BCUT2D eigenvalue weighted by molar-refractivity contribution is 9.10. The molecule has 1 heterocycles. The molecule has 0 amide bonds. The van der Waals surface area contributed by atoms with Crippen LogP contribution >= 0.6 is 15.9 Å². The molecule has 0 unspecified atom stereocenters. The number of aromatic nitrogens is 1. The van der Waals surface area contributed by atoms with Crippen molar-refractivity contribution in [2.24, 2.45) is 0 Å². The molecule has 90 valence electrons. The summed E-state index contributed by atoms with van der Waals surface area (Å²) >= 11 is 3.38. The minimum atomic E-state index is -0.162. The fourth-order valence-electron chi connectivity index (χ4n) is 1.36. The first kappa shape index (κ1) is 13.5. The van der Waals surface area contributed by atoms with Crippen molar-refractivity contribution in [3.05, 3.63) is 32.7 Å². The number of hydrogen-bond acceptors (Lipinski definition) is 2. The van der Waals surface area contributed by atoms with Crippen molar-refractivity contribution in [1.29, 1.82) is 0 Å². The normalized spacial score (nSPS) is 11.8. The molecule has 0 aliphatic rings. The monoisotopic (exact) mass is 287 g/mol. The number of hydrogen-bond donors (Lipinski definition) is 0. The standard InChI is InChI=1S/C12H18BrNO2/c1-9-7-10(13)8-14(11(9)15)5-6-16-12(2,3)4/h7-8H,5-6H2,1-4H3. The van der Waals surface area contributed by atoms with Gasteiger partial charge in [-0.2, -0.15) is 0 Å². The Bertz CT molecular complexity index is 418. The summed E-state index contributed by atoms with van der Waals surface area (Å²) in [4.78, 5) is 11.8. The molecule has 16 heavy (non-hydrogen) atoms. The molecule has 0 aromatic carbocycles. The van der Waals surface area contributed by atoms with E-state index in [9.17, 15) is 4.79 Å². The van der Waals surface area contributed by atoms with E-state index in [1.54, 1.807) is 10.8 Å². The maximum atomic E-state index is 11.8. The van der Waals surface area contributed by atoms with Crippen LogP contribution in [0.5, 0.6) is 0 Å². The molecule has 0 spiro atoms. The maximum absolute atomic E-state index is 11.8. The summed E-state index contributed by atoms with van der Waals surface area (Å²) in [6, 6.07) is 1.82. The lowest BCUT2D eigenvalue weighted by atomic mass is 10.2. The van der Waals surface area contributed by atoms with Gasteiger partial charge >= 0.3 is 0 Å². The number of ether oxygens (including phenoxy) is 1. The molecule has 3 nitrogen and oxygen atoms in total. The second-order valence-electron chi connectivity index (χ2n) is 4.80. The van der Waals surface area contributed by atoms with Crippen molar-refractivity contribution in [1.82, 2.24) is 4.57 Å². The Hall–Kier alpha value is -0.610. The molecule has 0 aliphatic heterocycles. The van der Waals surface area contributed by atoms with Crippen molar-refractivity contribution in [2.75, 3.05) is 6.61 Å². The average molecular weight is 288 g/mol. The molecule has 0 saturated carbocycles. The highest BCUT2D eigenvalue weighted by atomic mass is 79.9. The third-order valence-electron chi connectivity index (χ3n) is 2.10. The summed E-state index contributed by atoms with van der Waals surface area (Å²) in [5.41, 5.74) is 0.621. The molecule has 1 rings (SSSR count). The maximum Gasteiger partial charge on any atom is 0.253 e. The molecule has 0 bridgehead atoms. The van der Waals surface area contributed by atoms with Crippen molar-refractivity contribution in [3.8, 4) is 0 Å². The van der Waals surface area contributed by atoms with E-state index in [2.05, 4.69) is 15.9 Å². The second-order valence-corrected chi connectivity index (χ2v) is 5.72. The average Bonchev–Trinajstić information content (AvgIpc) is 2.11. The molecule has 1 aromatic heterocycles. The predicted octanol–water partition coefficient (Wildman–Crippen LogP) is 2.73. The second kappa shape index (κ2) is 5.15. The van der Waals surface area contributed by atoms with Crippen molar-refractivity contribution < 1.29 is 4.74 Å². The summed E-state index contributed by atoms with van der Waals surface area (Å²) in [7, 11) is 0. The van der Waals surface area contributed by atoms with Crippen LogP contribution in [0.15, 0.2) is 21.5 Å². The smallest absolute Gasteiger partial charge is 0.253 e. The Kier molecular flexibility index (Phi) is 4.33. The van der Waals surface area contributed by atoms with Crippen LogP contribution in [0, 0.1) is 6.92 Å². The first-order chi connectivity index (χ1) is 7.29. The molecule has 4 heteroatoms. The third-order valence-corrected chi connectivity index (χ3v) is 2.53. The van der Waals surface area contributed by atoms with Crippen LogP contribution in [-0.4, -0.2) is 16.8 Å². The Morgan fingerprint density at radius 1 is 1.44 bits per heavy atom. The van der Waals surface area contributed by atoms with Gasteiger partial charge in [0, 0.05) is 22.8 Å². The fraction of sp³-hybridized carbons (Fsp3) is 0.583. The van der Waals surface area contributed by atoms with E-state index in [-0.39, 0.29) is 11.2 Å². The van der Waals surface area contributed by atoms with Gasteiger partial charge in [0.1, 0.15) is 0 Å². The van der Waals surface area contributed by atoms with Gasteiger partial charge in [-0.05, 0) is 49.7 Å². The fourth-order valence-corrected chi connectivity index (χ4v) is 1.95. The number of pyridine rings is 1. The minimum absolute atomic E-state index is 0.0423. The van der Waals surface area contributed by atoms with Crippen LogP contribution in [0.4, 0.5) is 0 Å². The Balaban J connectivity index is 2.71. The van der Waals surface area contributed by atoms with E-state index < -0.39 is 0 Å². The molecule has 1 aromatic rings. The van der Waals surface area contributed by atoms with Crippen LogP contribution < -0.4 is 5.56 Å². The van der Waals surface area contributed by atoms with Gasteiger partial charge in [-0.1, -0.05) is 0 Å². The molecule has 0 N–H and O–H groups in total. The quantitative estimate of drug-likeness (QED) is 0.856. The summed E-state index contributed by atoms with van der Waals surface area (Å²) in [5, 5.41) is 0. The first-order valence-corrected chi connectivity index (χ1v) is 6.09. The molecular formula is C12H18BrNO2. The summed E-state index contributed by atoms with van der Waals surface area (Å²) in [6.07, 6.45) is 1.79. The van der Waals surface area contributed by atoms with Gasteiger partial charge in [0.2, 0.25) is 0 Å². The molecule has 0 radical (unpaired) electrons. The molecule has 0 fully saturated rings. The van der Waals surface area contributed by atoms with E-state index in [0.29, 0.717) is 13.2 Å². The zero-order valence-electron chi connectivity index (χ0n) is 10.2. The van der Waals surface area contributed by atoms with E-state index in [1.807, 2.05) is 33.8 Å². The summed E-state index contributed by atoms with van der Waals surface area (Å²) in [5.74, 6) is 0. The van der Waals surface area contributed by atoms with Gasteiger partial charge in [-0.25, -0.2) is 0 Å². The number of halogens is 1. The van der Waals surface area contributed by atoms with Gasteiger partial charge in [-0.3, -0.25) is 4.79 Å². The molecule has 0 aliphatic carbocycles. The van der Waals surface area contributed by atoms with Crippen LogP contribution in [0.1, 0.15) is 26.3 Å². The summed E-state index contributed by atoms with van der Waals surface area (Å²) in [6.45, 7) is 8.94. The van der Waals surface area contributed by atoms with Gasteiger partial charge in [0.25, 0.3) is 5.56 Å². The minimum Gasteiger partial charge on any atom is -0.374 e. The van der Waals surface area contributed by atoms with Crippen LogP contribution in [0.3, 0.4) is 0 Å². The lowest BCUT2D eigenvalue weighted by molar-refractivity contribution is -0.00715. The van der Waals surface area contributed by atoms with Gasteiger partial charge in [0.05, 0.1) is 12.2 Å². The lowest BCUT2D eigenvalue weighted by Gasteiger charge is -2.19. The largest absolute Gasteiger partial charge is 0.374 e. The highest BCUT2D eigenvalue weighted by Gasteiger charge is 2.10. The molecular weight excluding hydrogens is 270 g/mol. The first-order valence-electron chi connectivity index (χ1n) is 5.30. The lowest BCUT2D eigenvalue weighted by Crippen LogP contribution is -2.27. The molecule has 0 saturated heterocycles. The third kappa shape index (κ3) is 4.10. The SMILES string of the molecule is Cc1cc(Br)cn(CCOC(C)(C)C)c1=O. The van der Waals surface area contributed by atoms with Crippen LogP contribution in [-0.2, 0) is 11.3 Å². The van der Waals surface area contributed by atoms with Crippen LogP contribution in [0.2, 0.25) is 0 Å². The topological polar surface area (TPSA) is 31.2 Å². The van der Waals surface area contributed by atoms with Gasteiger partial charge in [-0.15, -0.1) is 0 Å². The Morgan fingerprint density at radius 3 is 2.62 bits per heavy atom. The zero-order valence-corrected chi connectivity index (χ0v) is 11.8.